The monoisotopic (exact) mass is 225 g/mol. The second-order valence-electron chi connectivity index (χ2n) is 4.55. The summed E-state index contributed by atoms with van der Waals surface area (Å²) in [5, 5.41) is 6.56. The van der Waals surface area contributed by atoms with Crippen molar-refractivity contribution in [2.75, 3.05) is 0 Å². The maximum absolute atomic E-state index is 12.4. The second-order valence-corrected chi connectivity index (χ2v) is 4.55. The van der Waals surface area contributed by atoms with Gasteiger partial charge in [0.2, 0.25) is 0 Å². The first kappa shape index (κ1) is 12.4. The molecule has 0 aliphatic carbocycles. The van der Waals surface area contributed by atoms with Gasteiger partial charge in [0.1, 0.15) is 0 Å². The van der Waals surface area contributed by atoms with Crippen LogP contribution in [0.3, 0.4) is 0 Å². The third-order valence-electron chi connectivity index (χ3n) is 2.02. The van der Waals surface area contributed by atoms with E-state index in [-0.39, 0.29) is 12.1 Å². The molecule has 1 aromatic heterocycles. The van der Waals surface area contributed by atoms with Gasteiger partial charge < -0.3 is 5.32 Å². The molecular formula is C11H16FN3O. The lowest BCUT2D eigenvalue weighted by atomic mass is 10.1. The molecule has 0 radical (unpaired) electrons. The van der Waals surface area contributed by atoms with Crippen LogP contribution in [0.2, 0.25) is 0 Å². The highest BCUT2D eigenvalue weighted by molar-refractivity contribution is 5.90. The quantitative estimate of drug-likeness (QED) is 0.796. The van der Waals surface area contributed by atoms with Gasteiger partial charge in [-0.3, -0.25) is 9.48 Å². The van der Waals surface area contributed by atoms with E-state index in [9.17, 15) is 9.18 Å². The Morgan fingerprint density at radius 1 is 1.62 bits per heavy atom. The van der Waals surface area contributed by atoms with Crippen LogP contribution in [0, 0.1) is 0 Å². The summed E-state index contributed by atoms with van der Waals surface area (Å²) in [5.74, 6) is -1.77. The number of carbonyl (C=O) groups is 1. The van der Waals surface area contributed by atoms with Gasteiger partial charge in [0.15, 0.2) is 5.83 Å². The third-order valence-corrected chi connectivity index (χ3v) is 2.02. The molecule has 4 nitrogen and oxygen atoms in total. The molecule has 0 unspecified atom stereocenters. The number of nitrogens with one attached hydrogen (secondary N) is 1. The van der Waals surface area contributed by atoms with E-state index in [2.05, 4.69) is 17.0 Å². The molecule has 1 rings (SSSR count). The van der Waals surface area contributed by atoms with Crippen molar-refractivity contribution in [1.29, 1.82) is 0 Å². The average molecular weight is 225 g/mol. The number of aromatic nitrogens is 2. The first-order chi connectivity index (χ1) is 7.30. The molecular weight excluding hydrogens is 209 g/mol. The van der Waals surface area contributed by atoms with Crippen molar-refractivity contribution in [3.05, 3.63) is 30.4 Å². The van der Waals surface area contributed by atoms with Gasteiger partial charge in [-0.05, 0) is 20.8 Å². The number of hydrogen-bond donors (Lipinski definition) is 1. The van der Waals surface area contributed by atoms with Gasteiger partial charge in [-0.15, -0.1) is 0 Å². The van der Waals surface area contributed by atoms with Crippen molar-refractivity contribution in [1.82, 2.24) is 15.1 Å². The van der Waals surface area contributed by atoms with E-state index in [1.807, 2.05) is 27.0 Å². The van der Waals surface area contributed by atoms with Crippen molar-refractivity contribution in [2.45, 2.75) is 32.9 Å². The fraction of sp³-hybridized carbons (Fsp3) is 0.455. The second kappa shape index (κ2) is 4.47. The molecule has 0 fully saturated rings. The van der Waals surface area contributed by atoms with E-state index in [1.165, 1.54) is 0 Å². The van der Waals surface area contributed by atoms with Crippen LogP contribution < -0.4 is 5.32 Å². The van der Waals surface area contributed by atoms with E-state index >= 15 is 0 Å². The van der Waals surface area contributed by atoms with Crippen molar-refractivity contribution in [3.63, 3.8) is 0 Å². The molecule has 0 aliphatic rings. The molecule has 16 heavy (non-hydrogen) atoms. The van der Waals surface area contributed by atoms with Crippen molar-refractivity contribution in [3.8, 4) is 0 Å². The number of amides is 1. The predicted molar refractivity (Wildman–Crippen MR) is 59.3 cm³/mol. The van der Waals surface area contributed by atoms with Crippen LogP contribution in [-0.4, -0.2) is 15.7 Å². The van der Waals surface area contributed by atoms with E-state index < -0.39 is 11.7 Å². The topological polar surface area (TPSA) is 46.9 Å². The maximum Gasteiger partial charge on any atom is 0.279 e. The summed E-state index contributed by atoms with van der Waals surface area (Å²) in [6.45, 7) is 9.22. The molecule has 1 amide bonds. The molecule has 1 heterocycles. The highest BCUT2D eigenvalue weighted by atomic mass is 19.1. The Hall–Kier alpha value is -1.65. The molecule has 5 heteroatoms. The average Bonchev–Trinajstić information content (AvgIpc) is 2.61. The van der Waals surface area contributed by atoms with E-state index in [1.54, 1.807) is 10.9 Å². The third kappa shape index (κ3) is 3.18. The zero-order valence-electron chi connectivity index (χ0n) is 9.75. The minimum Gasteiger partial charge on any atom is -0.346 e. The van der Waals surface area contributed by atoms with Gasteiger partial charge in [-0.1, -0.05) is 6.58 Å². The molecule has 0 aromatic carbocycles. The summed E-state index contributed by atoms with van der Waals surface area (Å²) < 4.78 is 14.2. The van der Waals surface area contributed by atoms with Crippen LogP contribution in [0.25, 0.3) is 0 Å². The minimum atomic E-state index is -0.983. The molecule has 0 spiro atoms. The smallest absolute Gasteiger partial charge is 0.279 e. The first-order valence-electron chi connectivity index (χ1n) is 4.97. The van der Waals surface area contributed by atoms with Gasteiger partial charge in [0, 0.05) is 18.3 Å². The van der Waals surface area contributed by atoms with Gasteiger partial charge in [0.25, 0.3) is 5.91 Å². The van der Waals surface area contributed by atoms with Crippen LogP contribution in [0.15, 0.2) is 24.8 Å². The lowest BCUT2D eigenvalue weighted by Crippen LogP contribution is -2.23. The van der Waals surface area contributed by atoms with Gasteiger partial charge in [-0.25, -0.2) is 4.39 Å². The van der Waals surface area contributed by atoms with Crippen molar-refractivity contribution in [2.24, 2.45) is 0 Å². The Balaban J connectivity index is 2.60. The summed E-state index contributed by atoms with van der Waals surface area (Å²) in [5.41, 5.74) is 0.718. The largest absolute Gasteiger partial charge is 0.346 e. The Labute approximate surface area is 94.1 Å². The molecule has 0 atom stereocenters. The number of halogens is 1. The maximum atomic E-state index is 12.4. The fourth-order valence-corrected chi connectivity index (χ4v) is 1.10. The number of carbonyl (C=O) groups excluding carboxylic acids is 1. The van der Waals surface area contributed by atoms with Crippen LogP contribution in [-0.2, 0) is 16.9 Å². The van der Waals surface area contributed by atoms with Crippen LogP contribution in [0.1, 0.15) is 26.3 Å². The number of hydrogen-bond acceptors (Lipinski definition) is 2. The summed E-state index contributed by atoms with van der Waals surface area (Å²) in [6.07, 6.45) is 3.47. The summed E-state index contributed by atoms with van der Waals surface area (Å²) in [4.78, 5) is 10.9. The van der Waals surface area contributed by atoms with Crippen molar-refractivity contribution < 1.29 is 9.18 Å². The Kier molecular flexibility index (Phi) is 3.47. The highest BCUT2D eigenvalue weighted by Gasteiger charge is 2.14. The normalized spacial score (nSPS) is 11.2. The molecule has 0 saturated carbocycles. The van der Waals surface area contributed by atoms with Crippen LogP contribution >= 0.6 is 0 Å². The summed E-state index contributed by atoms with van der Waals surface area (Å²) >= 11 is 0. The molecule has 0 aliphatic heterocycles. The lowest BCUT2D eigenvalue weighted by molar-refractivity contribution is -0.119. The van der Waals surface area contributed by atoms with Gasteiger partial charge in [0.05, 0.1) is 11.7 Å². The highest BCUT2D eigenvalue weighted by Crippen LogP contribution is 2.12. The lowest BCUT2D eigenvalue weighted by Gasteiger charge is -2.18. The zero-order valence-corrected chi connectivity index (χ0v) is 9.75. The molecule has 1 N–H and O–H groups in total. The molecule has 0 bridgehead atoms. The molecule has 0 saturated heterocycles. The summed E-state index contributed by atoms with van der Waals surface area (Å²) in [7, 11) is 0. The Morgan fingerprint density at radius 2 is 2.25 bits per heavy atom. The van der Waals surface area contributed by atoms with E-state index in [0.717, 1.165) is 5.56 Å². The molecule has 88 valence electrons. The minimum absolute atomic E-state index is 0.105. The standard InChI is InChI=1S/C11H16FN3O/c1-8(12)10(16)13-5-9-6-14-15(7-9)11(2,3)4/h6-7H,1,5H2,2-4H3,(H,13,16). The van der Waals surface area contributed by atoms with Gasteiger partial charge in [-0.2, -0.15) is 5.10 Å². The first-order valence-corrected chi connectivity index (χ1v) is 4.97. The van der Waals surface area contributed by atoms with E-state index in [0.29, 0.717) is 0 Å². The number of rotatable bonds is 3. The SMILES string of the molecule is C=C(F)C(=O)NCc1cnn(C(C)(C)C)c1. The summed E-state index contributed by atoms with van der Waals surface area (Å²) in [6, 6.07) is 0. The Bertz CT molecular complexity index is 404. The van der Waals surface area contributed by atoms with Crippen molar-refractivity contribution >= 4 is 5.91 Å². The Morgan fingerprint density at radius 3 is 2.69 bits per heavy atom. The van der Waals surface area contributed by atoms with E-state index in [4.69, 9.17) is 0 Å². The number of nitrogens with zero attached hydrogens (tertiary/aromatic N) is 2. The van der Waals surface area contributed by atoms with Crippen LogP contribution in [0.5, 0.6) is 0 Å². The van der Waals surface area contributed by atoms with Gasteiger partial charge >= 0.3 is 0 Å². The van der Waals surface area contributed by atoms with Crippen LogP contribution in [0.4, 0.5) is 4.39 Å². The predicted octanol–water partition coefficient (Wildman–Crippen LogP) is 1.74. The fourth-order valence-electron chi connectivity index (χ4n) is 1.10. The molecule has 1 aromatic rings. The zero-order chi connectivity index (χ0) is 12.3.